The number of benzene rings is 1. The zero-order valence-corrected chi connectivity index (χ0v) is 10.6. The van der Waals surface area contributed by atoms with Crippen molar-refractivity contribution in [3.05, 3.63) is 35.4 Å². The van der Waals surface area contributed by atoms with Crippen LogP contribution in [0.1, 0.15) is 29.6 Å². The largest absolute Gasteiger partial charge is 0.395 e. The second-order valence-corrected chi connectivity index (χ2v) is 4.83. The van der Waals surface area contributed by atoms with Gasteiger partial charge in [0.15, 0.2) is 5.78 Å². The van der Waals surface area contributed by atoms with Gasteiger partial charge in [0.25, 0.3) is 0 Å². The quantitative estimate of drug-likeness (QED) is 0.803. The van der Waals surface area contributed by atoms with Gasteiger partial charge in [-0.25, -0.2) is 8.78 Å². The van der Waals surface area contributed by atoms with Crippen molar-refractivity contribution in [2.75, 3.05) is 19.7 Å². The van der Waals surface area contributed by atoms with Crippen LogP contribution in [0.5, 0.6) is 0 Å². The zero-order chi connectivity index (χ0) is 13.8. The third-order valence-electron chi connectivity index (χ3n) is 3.55. The van der Waals surface area contributed by atoms with Crippen LogP contribution in [0.4, 0.5) is 8.78 Å². The standard InChI is InChI=1S/C14H17F2NO2/c15-10-4-5-13(16)12(8-10)14(19)9-17(6-7-18)11-2-1-3-11/h4-5,8,11,18H,1-3,6-7,9H2. The van der Waals surface area contributed by atoms with Gasteiger partial charge in [-0.2, -0.15) is 0 Å². The molecule has 5 heteroatoms. The Labute approximate surface area is 110 Å². The Morgan fingerprint density at radius 1 is 1.37 bits per heavy atom. The van der Waals surface area contributed by atoms with Gasteiger partial charge >= 0.3 is 0 Å². The van der Waals surface area contributed by atoms with Crippen molar-refractivity contribution in [1.29, 1.82) is 0 Å². The molecule has 1 aliphatic rings. The minimum absolute atomic E-state index is 0.0194. The Kier molecular flexibility index (Phi) is 4.61. The van der Waals surface area contributed by atoms with E-state index in [1.807, 2.05) is 4.90 Å². The average molecular weight is 269 g/mol. The van der Waals surface area contributed by atoms with Gasteiger partial charge in [-0.05, 0) is 31.0 Å². The van der Waals surface area contributed by atoms with Crippen molar-refractivity contribution in [3.63, 3.8) is 0 Å². The number of rotatable bonds is 6. The molecular formula is C14H17F2NO2. The summed E-state index contributed by atoms with van der Waals surface area (Å²) in [7, 11) is 0. The van der Waals surface area contributed by atoms with Gasteiger partial charge in [-0.1, -0.05) is 6.42 Å². The Morgan fingerprint density at radius 2 is 2.11 bits per heavy atom. The van der Waals surface area contributed by atoms with Gasteiger partial charge in [-0.15, -0.1) is 0 Å². The molecule has 104 valence electrons. The number of hydrogen-bond acceptors (Lipinski definition) is 3. The molecule has 0 saturated heterocycles. The first-order chi connectivity index (χ1) is 9.11. The van der Waals surface area contributed by atoms with Crippen LogP contribution in [-0.2, 0) is 0 Å². The molecule has 1 aromatic carbocycles. The summed E-state index contributed by atoms with van der Waals surface area (Å²) in [6.45, 7) is 0.356. The lowest BCUT2D eigenvalue weighted by atomic mass is 9.91. The fourth-order valence-corrected chi connectivity index (χ4v) is 2.25. The lowest BCUT2D eigenvalue weighted by Gasteiger charge is -2.36. The second kappa shape index (κ2) is 6.21. The van der Waals surface area contributed by atoms with Crippen molar-refractivity contribution in [1.82, 2.24) is 4.90 Å². The van der Waals surface area contributed by atoms with E-state index in [0.29, 0.717) is 6.54 Å². The Hall–Kier alpha value is -1.33. The fourth-order valence-electron chi connectivity index (χ4n) is 2.25. The van der Waals surface area contributed by atoms with Crippen molar-refractivity contribution in [2.24, 2.45) is 0 Å². The molecule has 1 fully saturated rings. The summed E-state index contributed by atoms with van der Waals surface area (Å²) < 4.78 is 26.6. The molecule has 2 rings (SSSR count). The number of carbonyl (C=O) groups is 1. The minimum atomic E-state index is -0.705. The molecule has 3 nitrogen and oxygen atoms in total. The highest BCUT2D eigenvalue weighted by Crippen LogP contribution is 2.25. The summed E-state index contributed by atoms with van der Waals surface area (Å²) in [5.41, 5.74) is -0.220. The number of halogens is 2. The van der Waals surface area contributed by atoms with E-state index in [2.05, 4.69) is 0 Å². The number of carbonyl (C=O) groups excluding carboxylic acids is 1. The third kappa shape index (κ3) is 3.36. The SMILES string of the molecule is O=C(CN(CCO)C1CCC1)c1cc(F)ccc1F. The van der Waals surface area contributed by atoms with Crippen LogP contribution in [-0.4, -0.2) is 41.5 Å². The van der Waals surface area contributed by atoms with Crippen LogP contribution < -0.4 is 0 Å². The first kappa shape index (κ1) is 14.1. The molecule has 1 saturated carbocycles. The number of hydrogen-bond donors (Lipinski definition) is 1. The summed E-state index contributed by atoms with van der Waals surface area (Å²) in [6, 6.07) is 3.15. The molecule has 1 N–H and O–H groups in total. The number of ketones is 1. The summed E-state index contributed by atoms with van der Waals surface area (Å²) in [6.07, 6.45) is 3.08. The van der Waals surface area contributed by atoms with Gasteiger partial charge in [0.1, 0.15) is 11.6 Å². The molecular weight excluding hydrogens is 252 g/mol. The molecule has 1 aromatic rings. The van der Waals surface area contributed by atoms with E-state index in [9.17, 15) is 13.6 Å². The number of nitrogens with zero attached hydrogens (tertiary/aromatic N) is 1. The molecule has 19 heavy (non-hydrogen) atoms. The molecule has 0 aliphatic heterocycles. The molecule has 0 spiro atoms. The lowest BCUT2D eigenvalue weighted by Crippen LogP contribution is -2.44. The fraction of sp³-hybridized carbons (Fsp3) is 0.500. The number of aliphatic hydroxyl groups is 1. The predicted octanol–water partition coefficient (Wildman–Crippen LogP) is 1.99. The molecule has 0 aromatic heterocycles. The minimum Gasteiger partial charge on any atom is -0.395 e. The van der Waals surface area contributed by atoms with Gasteiger partial charge in [0, 0.05) is 12.6 Å². The van der Waals surface area contributed by atoms with E-state index < -0.39 is 17.4 Å². The lowest BCUT2D eigenvalue weighted by molar-refractivity contribution is 0.0743. The van der Waals surface area contributed by atoms with Crippen LogP contribution >= 0.6 is 0 Å². The Balaban J connectivity index is 2.07. The second-order valence-electron chi connectivity index (χ2n) is 4.83. The highest BCUT2D eigenvalue weighted by Gasteiger charge is 2.27. The van der Waals surface area contributed by atoms with Gasteiger partial charge in [0.2, 0.25) is 0 Å². The molecule has 0 bridgehead atoms. The van der Waals surface area contributed by atoms with Gasteiger partial charge in [0.05, 0.1) is 18.7 Å². The summed E-state index contributed by atoms with van der Waals surface area (Å²) in [4.78, 5) is 13.9. The molecule has 0 radical (unpaired) electrons. The predicted molar refractivity (Wildman–Crippen MR) is 67.0 cm³/mol. The van der Waals surface area contributed by atoms with Crippen molar-refractivity contribution < 1.29 is 18.7 Å². The Morgan fingerprint density at radius 3 is 2.68 bits per heavy atom. The first-order valence-corrected chi connectivity index (χ1v) is 6.45. The van der Waals surface area contributed by atoms with Crippen LogP contribution in [0.2, 0.25) is 0 Å². The van der Waals surface area contributed by atoms with E-state index in [1.165, 1.54) is 0 Å². The highest BCUT2D eigenvalue weighted by molar-refractivity contribution is 5.97. The van der Waals surface area contributed by atoms with E-state index in [0.717, 1.165) is 37.5 Å². The maximum atomic E-state index is 13.5. The van der Waals surface area contributed by atoms with Crippen LogP contribution in [0.25, 0.3) is 0 Å². The van der Waals surface area contributed by atoms with Crippen molar-refractivity contribution >= 4 is 5.78 Å². The third-order valence-corrected chi connectivity index (χ3v) is 3.55. The van der Waals surface area contributed by atoms with E-state index in [1.54, 1.807) is 0 Å². The van der Waals surface area contributed by atoms with Gasteiger partial charge < -0.3 is 5.11 Å². The van der Waals surface area contributed by atoms with E-state index in [-0.39, 0.29) is 24.8 Å². The average Bonchev–Trinajstić information content (AvgIpc) is 2.30. The summed E-state index contributed by atoms with van der Waals surface area (Å²) in [5.74, 6) is -1.77. The maximum absolute atomic E-state index is 13.5. The molecule has 0 amide bonds. The normalized spacial score (nSPS) is 15.6. The molecule has 0 unspecified atom stereocenters. The van der Waals surface area contributed by atoms with Crippen molar-refractivity contribution in [2.45, 2.75) is 25.3 Å². The highest BCUT2D eigenvalue weighted by atomic mass is 19.1. The van der Waals surface area contributed by atoms with E-state index in [4.69, 9.17) is 5.11 Å². The number of Topliss-reactive ketones (excluding diaryl/α,β-unsaturated/α-hetero) is 1. The monoisotopic (exact) mass is 269 g/mol. The summed E-state index contributed by atoms with van der Waals surface area (Å²) >= 11 is 0. The first-order valence-electron chi connectivity index (χ1n) is 6.45. The van der Waals surface area contributed by atoms with Gasteiger partial charge in [-0.3, -0.25) is 9.69 Å². The molecule has 0 atom stereocenters. The molecule has 0 heterocycles. The van der Waals surface area contributed by atoms with Crippen LogP contribution in [0.15, 0.2) is 18.2 Å². The van der Waals surface area contributed by atoms with E-state index >= 15 is 0 Å². The number of aliphatic hydroxyl groups excluding tert-OH is 1. The Bertz CT molecular complexity index is 461. The topological polar surface area (TPSA) is 40.5 Å². The van der Waals surface area contributed by atoms with Crippen LogP contribution in [0.3, 0.4) is 0 Å². The summed E-state index contributed by atoms with van der Waals surface area (Å²) in [5, 5.41) is 9.00. The molecule has 1 aliphatic carbocycles. The van der Waals surface area contributed by atoms with Crippen LogP contribution in [0, 0.1) is 11.6 Å². The van der Waals surface area contributed by atoms with Crippen molar-refractivity contribution in [3.8, 4) is 0 Å². The smallest absolute Gasteiger partial charge is 0.179 e. The maximum Gasteiger partial charge on any atom is 0.179 e. The zero-order valence-electron chi connectivity index (χ0n) is 10.6.